The van der Waals surface area contributed by atoms with Crippen LogP contribution in [0.2, 0.25) is 0 Å². The van der Waals surface area contributed by atoms with Gasteiger partial charge in [-0.1, -0.05) is 39.5 Å². The van der Waals surface area contributed by atoms with Gasteiger partial charge < -0.3 is 15.3 Å². The summed E-state index contributed by atoms with van der Waals surface area (Å²) in [6.07, 6.45) is 6.95. The average Bonchev–Trinajstić information content (AvgIpc) is 2.40. The second kappa shape index (κ2) is 18.4. The van der Waals surface area contributed by atoms with Gasteiger partial charge in [0, 0.05) is 19.5 Å². The molecule has 0 aliphatic rings. The molecule has 0 unspecified atom stereocenters. The van der Waals surface area contributed by atoms with Gasteiger partial charge >= 0.3 is 5.97 Å². The van der Waals surface area contributed by atoms with Crippen molar-refractivity contribution in [2.45, 2.75) is 58.8 Å². The zero-order valence-corrected chi connectivity index (χ0v) is 13.2. The molecule has 122 valence electrons. The highest BCUT2D eigenvalue weighted by Gasteiger charge is 1.99. The predicted octanol–water partition coefficient (Wildman–Crippen LogP) is 2.11. The van der Waals surface area contributed by atoms with E-state index in [1.54, 1.807) is 0 Å². The minimum atomic E-state index is -0.670. The van der Waals surface area contributed by atoms with Crippen molar-refractivity contribution < 1.29 is 20.1 Å². The van der Waals surface area contributed by atoms with Crippen molar-refractivity contribution in [3.05, 3.63) is 0 Å². The maximum absolute atomic E-state index is 10.0. The number of rotatable bonds is 12. The molecule has 0 atom stereocenters. The molecule has 0 rings (SSSR count). The maximum Gasteiger partial charge on any atom is 0.303 e. The zero-order chi connectivity index (χ0) is 15.6. The van der Waals surface area contributed by atoms with Crippen molar-refractivity contribution in [3.8, 4) is 0 Å². The monoisotopic (exact) mass is 291 g/mol. The third-order valence-corrected chi connectivity index (χ3v) is 2.87. The third kappa shape index (κ3) is 19.7. The lowest BCUT2D eigenvalue weighted by Gasteiger charge is -2.18. The molecule has 0 aromatic rings. The van der Waals surface area contributed by atoms with Gasteiger partial charge in [-0.3, -0.25) is 9.69 Å². The number of hydrogen-bond acceptors (Lipinski definition) is 4. The molecule has 0 saturated carbocycles. The second-order valence-electron chi connectivity index (χ2n) is 4.85. The number of carboxylic acids is 1. The number of unbranched alkanes of at least 4 members (excludes halogenated alkanes) is 4. The van der Waals surface area contributed by atoms with Crippen LogP contribution in [-0.2, 0) is 4.79 Å². The lowest BCUT2D eigenvalue weighted by molar-refractivity contribution is -0.137. The number of aliphatic hydroxyl groups excluding tert-OH is 2. The number of nitrogens with zero attached hydrogens (tertiary/aromatic N) is 1. The van der Waals surface area contributed by atoms with E-state index in [0.717, 1.165) is 25.8 Å². The molecular formula is C15H33NO4. The Morgan fingerprint density at radius 3 is 1.80 bits per heavy atom. The lowest BCUT2D eigenvalue weighted by atomic mass is 10.1. The van der Waals surface area contributed by atoms with Crippen molar-refractivity contribution in [2.75, 3.05) is 32.8 Å². The van der Waals surface area contributed by atoms with Crippen molar-refractivity contribution in [1.82, 2.24) is 4.90 Å². The number of carbonyl (C=O) groups is 1. The van der Waals surface area contributed by atoms with Gasteiger partial charge in [0.2, 0.25) is 0 Å². The normalized spacial score (nSPS) is 10.2. The number of carboxylic acid groups (broad SMARTS) is 1. The summed E-state index contributed by atoms with van der Waals surface area (Å²) in [6, 6.07) is 0. The molecule has 20 heavy (non-hydrogen) atoms. The lowest BCUT2D eigenvalue weighted by Crippen LogP contribution is -2.30. The fraction of sp³-hybridized carbons (Fsp3) is 0.933. The summed E-state index contributed by atoms with van der Waals surface area (Å²) in [5.41, 5.74) is 0. The van der Waals surface area contributed by atoms with Gasteiger partial charge in [-0.05, 0) is 19.4 Å². The molecule has 0 radical (unpaired) electrons. The van der Waals surface area contributed by atoms with E-state index in [9.17, 15) is 4.79 Å². The molecule has 0 spiro atoms. The van der Waals surface area contributed by atoms with Crippen LogP contribution in [0.5, 0.6) is 0 Å². The van der Waals surface area contributed by atoms with Crippen LogP contribution < -0.4 is 0 Å². The summed E-state index contributed by atoms with van der Waals surface area (Å²) in [5.74, 6) is -0.670. The van der Waals surface area contributed by atoms with Crippen LogP contribution in [0.4, 0.5) is 0 Å². The quantitative estimate of drug-likeness (QED) is 0.480. The van der Waals surface area contributed by atoms with E-state index in [-0.39, 0.29) is 13.2 Å². The van der Waals surface area contributed by atoms with Crippen molar-refractivity contribution >= 4 is 5.97 Å². The molecule has 3 N–H and O–H groups in total. The highest BCUT2D eigenvalue weighted by atomic mass is 16.4. The fourth-order valence-electron chi connectivity index (χ4n) is 1.81. The van der Waals surface area contributed by atoms with E-state index in [2.05, 4.69) is 13.8 Å². The Kier molecular flexibility index (Phi) is 19.9. The first-order valence-corrected chi connectivity index (χ1v) is 7.78. The molecule has 0 amide bonds. The molecule has 5 nitrogen and oxygen atoms in total. The number of aliphatic carboxylic acids is 1. The van der Waals surface area contributed by atoms with E-state index in [4.69, 9.17) is 15.3 Å². The molecule has 5 heteroatoms. The van der Waals surface area contributed by atoms with Crippen LogP contribution in [0.3, 0.4) is 0 Å². The van der Waals surface area contributed by atoms with Gasteiger partial charge in [-0.25, -0.2) is 0 Å². The van der Waals surface area contributed by atoms with E-state index < -0.39 is 5.97 Å². The summed E-state index contributed by atoms with van der Waals surface area (Å²) < 4.78 is 0. The molecular weight excluding hydrogens is 258 g/mol. The Bertz CT molecular complexity index is 186. The Labute approximate surface area is 123 Å². The number of aliphatic hydroxyl groups is 2. The summed E-state index contributed by atoms with van der Waals surface area (Å²) >= 11 is 0. The molecule has 0 bridgehead atoms. The first-order valence-electron chi connectivity index (χ1n) is 7.78. The largest absolute Gasteiger partial charge is 0.481 e. The van der Waals surface area contributed by atoms with Gasteiger partial charge in [0.05, 0.1) is 13.2 Å². The van der Waals surface area contributed by atoms with E-state index in [1.807, 2.05) is 4.90 Å². The minimum absolute atomic E-state index is 0.181. The highest BCUT2D eigenvalue weighted by Crippen LogP contribution is 2.04. The van der Waals surface area contributed by atoms with Gasteiger partial charge in [0.15, 0.2) is 0 Å². The molecule has 0 heterocycles. The van der Waals surface area contributed by atoms with E-state index in [0.29, 0.717) is 19.5 Å². The average molecular weight is 291 g/mol. The molecule has 0 fully saturated rings. The van der Waals surface area contributed by atoms with E-state index >= 15 is 0 Å². The minimum Gasteiger partial charge on any atom is -0.481 e. The molecule has 0 aliphatic heterocycles. The van der Waals surface area contributed by atoms with Crippen LogP contribution in [0.25, 0.3) is 0 Å². The Morgan fingerprint density at radius 1 is 0.850 bits per heavy atom. The maximum atomic E-state index is 10.0. The van der Waals surface area contributed by atoms with Gasteiger partial charge in [-0.2, -0.15) is 0 Å². The smallest absolute Gasteiger partial charge is 0.303 e. The first-order chi connectivity index (χ1) is 9.62. The Hall–Kier alpha value is -0.650. The predicted molar refractivity (Wildman–Crippen MR) is 81.9 cm³/mol. The van der Waals surface area contributed by atoms with Gasteiger partial charge in [0.25, 0.3) is 0 Å². The highest BCUT2D eigenvalue weighted by molar-refractivity contribution is 5.66. The summed E-state index contributed by atoms with van der Waals surface area (Å²) in [4.78, 5) is 12.1. The second-order valence-corrected chi connectivity index (χ2v) is 4.85. The topological polar surface area (TPSA) is 81.0 Å². The molecule has 0 aromatic heterocycles. The van der Waals surface area contributed by atoms with Crippen LogP contribution >= 0.6 is 0 Å². The van der Waals surface area contributed by atoms with Gasteiger partial charge in [-0.15, -0.1) is 0 Å². The standard InChI is InChI=1S/C8H16O2.C7H17NO2/c1-2-3-4-5-6-7-8(9)10;1-2-3-8(4-6-9)5-7-10/h2-7H2,1H3,(H,9,10);9-10H,2-7H2,1H3. The summed E-state index contributed by atoms with van der Waals surface area (Å²) in [7, 11) is 0. The van der Waals surface area contributed by atoms with Crippen LogP contribution in [0, 0.1) is 0 Å². The van der Waals surface area contributed by atoms with Crippen LogP contribution in [0.1, 0.15) is 58.8 Å². The molecule has 0 aromatic carbocycles. The Morgan fingerprint density at radius 2 is 1.40 bits per heavy atom. The van der Waals surface area contributed by atoms with Crippen molar-refractivity contribution in [3.63, 3.8) is 0 Å². The van der Waals surface area contributed by atoms with E-state index in [1.165, 1.54) is 19.3 Å². The van der Waals surface area contributed by atoms with Gasteiger partial charge in [0.1, 0.15) is 0 Å². The summed E-state index contributed by atoms with van der Waals surface area (Å²) in [6.45, 7) is 6.91. The summed E-state index contributed by atoms with van der Waals surface area (Å²) in [5, 5.41) is 25.4. The zero-order valence-electron chi connectivity index (χ0n) is 13.2. The van der Waals surface area contributed by atoms with Crippen molar-refractivity contribution in [2.24, 2.45) is 0 Å². The third-order valence-electron chi connectivity index (χ3n) is 2.87. The Balaban J connectivity index is 0. The molecule has 0 saturated heterocycles. The van der Waals surface area contributed by atoms with Crippen LogP contribution in [0.15, 0.2) is 0 Å². The fourth-order valence-corrected chi connectivity index (χ4v) is 1.81. The first kappa shape index (κ1) is 21.6. The van der Waals surface area contributed by atoms with Crippen molar-refractivity contribution in [1.29, 1.82) is 0 Å². The SMILES string of the molecule is CCCCCCCC(=O)O.CCCN(CCO)CCO. The van der Waals surface area contributed by atoms with Crippen LogP contribution in [-0.4, -0.2) is 59.0 Å². The number of hydrogen-bond donors (Lipinski definition) is 3. The molecule has 0 aliphatic carbocycles.